The highest BCUT2D eigenvalue weighted by Gasteiger charge is 2.27. The van der Waals surface area contributed by atoms with Crippen LogP contribution in [0.1, 0.15) is 12.8 Å². The molecule has 2 aromatic rings. The summed E-state index contributed by atoms with van der Waals surface area (Å²) in [6.45, 7) is 0.474. The molecule has 3 rings (SSSR count). The molecule has 8 nitrogen and oxygen atoms in total. The second-order valence-corrected chi connectivity index (χ2v) is 8.19. The number of fused-ring (bicyclic) bond motifs is 1. The van der Waals surface area contributed by atoms with Crippen molar-refractivity contribution >= 4 is 26.6 Å². The molecule has 1 aromatic carbocycles. The van der Waals surface area contributed by atoms with Gasteiger partial charge in [-0.15, -0.1) is 5.10 Å². The van der Waals surface area contributed by atoms with Gasteiger partial charge in [-0.1, -0.05) is 17.3 Å². The van der Waals surface area contributed by atoms with E-state index in [1.54, 1.807) is 24.3 Å². The van der Waals surface area contributed by atoms with Crippen molar-refractivity contribution < 1.29 is 13.2 Å². The van der Waals surface area contributed by atoms with Crippen LogP contribution >= 0.6 is 0 Å². The Morgan fingerprint density at radius 1 is 1.33 bits per heavy atom. The summed E-state index contributed by atoms with van der Waals surface area (Å²) in [5.74, 6) is 0.0571. The molecule has 1 unspecified atom stereocenters. The minimum atomic E-state index is -2.94. The molecule has 0 saturated carbocycles. The number of hydrogen-bond donors (Lipinski definition) is 1. The van der Waals surface area contributed by atoms with E-state index < -0.39 is 9.84 Å². The Morgan fingerprint density at radius 2 is 2.12 bits per heavy atom. The molecule has 2 heterocycles. The Bertz CT molecular complexity index is 922. The zero-order chi connectivity index (χ0) is 17.2. The lowest BCUT2D eigenvalue weighted by Gasteiger charge is -2.10. The molecule has 1 N–H and O–H groups in total. The fourth-order valence-electron chi connectivity index (χ4n) is 2.76. The molecule has 1 atom stereocenters. The Hall–Kier alpha value is -2.29. The molecule has 0 bridgehead atoms. The molecule has 9 heteroatoms. The van der Waals surface area contributed by atoms with Gasteiger partial charge in [0, 0.05) is 13.0 Å². The van der Waals surface area contributed by atoms with Gasteiger partial charge in [0.25, 0.3) is 5.56 Å². The van der Waals surface area contributed by atoms with Gasteiger partial charge in [0.05, 0.1) is 23.4 Å². The maximum atomic E-state index is 12.2. The minimum Gasteiger partial charge on any atom is -0.356 e. The third-order valence-corrected chi connectivity index (χ3v) is 5.93. The third kappa shape index (κ3) is 3.78. The van der Waals surface area contributed by atoms with E-state index in [-0.39, 0.29) is 41.9 Å². The molecular weight excluding hydrogens is 332 g/mol. The maximum Gasteiger partial charge on any atom is 0.277 e. The summed E-state index contributed by atoms with van der Waals surface area (Å²) >= 11 is 0. The van der Waals surface area contributed by atoms with Crippen molar-refractivity contribution in [2.45, 2.75) is 19.4 Å². The molecule has 1 amide bonds. The van der Waals surface area contributed by atoms with Crippen molar-refractivity contribution in [3.8, 4) is 0 Å². The first-order valence-electron chi connectivity index (χ1n) is 7.74. The van der Waals surface area contributed by atoms with Crippen molar-refractivity contribution in [3.63, 3.8) is 0 Å². The van der Waals surface area contributed by atoms with E-state index in [4.69, 9.17) is 0 Å². The zero-order valence-electron chi connectivity index (χ0n) is 13.0. The van der Waals surface area contributed by atoms with Gasteiger partial charge in [-0.3, -0.25) is 9.59 Å². The quantitative estimate of drug-likeness (QED) is 0.795. The van der Waals surface area contributed by atoms with Gasteiger partial charge in [0.1, 0.15) is 5.52 Å². The average molecular weight is 350 g/mol. The van der Waals surface area contributed by atoms with E-state index in [1.807, 2.05) is 0 Å². The van der Waals surface area contributed by atoms with Crippen molar-refractivity contribution in [2.75, 3.05) is 18.1 Å². The van der Waals surface area contributed by atoms with Crippen molar-refractivity contribution in [3.05, 3.63) is 34.6 Å². The average Bonchev–Trinajstić information content (AvgIpc) is 2.92. The van der Waals surface area contributed by atoms with Gasteiger partial charge in [0.15, 0.2) is 9.84 Å². The van der Waals surface area contributed by atoms with Gasteiger partial charge in [0.2, 0.25) is 5.91 Å². The second kappa shape index (κ2) is 6.68. The molecule has 1 aliphatic heterocycles. The minimum absolute atomic E-state index is 0.0258. The molecule has 1 aliphatic rings. The second-order valence-electron chi connectivity index (χ2n) is 5.96. The number of amides is 1. The van der Waals surface area contributed by atoms with Crippen molar-refractivity contribution in [2.24, 2.45) is 5.92 Å². The van der Waals surface area contributed by atoms with E-state index in [0.717, 1.165) is 0 Å². The Morgan fingerprint density at radius 3 is 2.88 bits per heavy atom. The monoisotopic (exact) mass is 350 g/mol. The number of benzene rings is 1. The third-order valence-electron chi connectivity index (χ3n) is 4.09. The van der Waals surface area contributed by atoms with Crippen LogP contribution in [0, 0.1) is 5.92 Å². The Balaban J connectivity index is 1.55. The number of rotatable bonds is 5. The van der Waals surface area contributed by atoms with Gasteiger partial charge in [-0.2, -0.15) is 0 Å². The van der Waals surface area contributed by atoms with E-state index in [1.165, 1.54) is 4.68 Å². The van der Waals surface area contributed by atoms with Gasteiger partial charge in [-0.25, -0.2) is 13.1 Å². The smallest absolute Gasteiger partial charge is 0.277 e. The lowest BCUT2D eigenvalue weighted by Crippen LogP contribution is -2.32. The SMILES string of the molecule is O=C(CCn1nnc2ccccc2c1=O)NCC1CCS(=O)(=O)C1. The van der Waals surface area contributed by atoms with E-state index in [0.29, 0.717) is 23.9 Å². The summed E-state index contributed by atoms with van der Waals surface area (Å²) in [5.41, 5.74) is 0.237. The summed E-state index contributed by atoms with van der Waals surface area (Å²) in [5, 5.41) is 11.0. The fourth-order valence-corrected chi connectivity index (χ4v) is 4.62. The summed E-state index contributed by atoms with van der Waals surface area (Å²) in [6, 6.07) is 6.90. The van der Waals surface area contributed by atoms with Crippen LogP contribution in [-0.4, -0.2) is 47.4 Å². The van der Waals surface area contributed by atoms with Crippen LogP contribution in [0.15, 0.2) is 29.1 Å². The standard InChI is InChI=1S/C15H18N4O4S/c20-14(16-9-11-6-8-24(22,23)10-11)5-7-19-15(21)12-3-1-2-4-13(12)17-18-19/h1-4,11H,5-10H2,(H,16,20). The van der Waals surface area contributed by atoms with E-state index in [9.17, 15) is 18.0 Å². The largest absolute Gasteiger partial charge is 0.356 e. The number of carbonyl (C=O) groups excluding carboxylic acids is 1. The first-order chi connectivity index (χ1) is 11.4. The Kier molecular flexibility index (Phi) is 4.61. The molecule has 0 spiro atoms. The predicted molar refractivity (Wildman–Crippen MR) is 88.2 cm³/mol. The highest BCUT2D eigenvalue weighted by molar-refractivity contribution is 7.91. The number of nitrogens with one attached hydrogen (secondary N) is 1. The van der Waals surface area contributed by atoms with Gasteiger partial charge in [-0.05, 0) is 24.5 Å². The number of carbonyl (C=O) groups is 1. The van der Waals surface area contributed by atoms with Crippen LogP contribution in [0.3, 0.4) is 0 Å². The van der Waals surface area contributed by atoms with Crippen LogP contribution in [0.2, 0.25) is 0 Å². The maximum absolute atomic E-state index is 12.2. The molecule has 1 fully saturated rings. The van der Waals surface area contributed by atoms with Crippen LogP contribution in [0.4, 0.5) is 0 Å². The van der Waals surface area contributed by atoms with Crippen molar-refractivity contribution in [1.82, 2.24) is 20.3 Å². The van der Waals surface area contributed by atoms with Crippen molar-refractivity contribution in [1.29, 1.82) is 0 Å². The molecule has 1 aromatic heterocycles. The summed E-state index contributed by atoms with van der Waals surface area (Å²) in [4.78, 5) is 24.1. The Labute approximate surface area is 138 Å². The lowest BCUT2D eigenvalue weighted by atomic mass is 10.1. The van der Waals surface area contributed by atoms with E-state index in [2.05, 4.69) is 15.6 Å². The summed E-state index contributed by atoms with van der Waals surface area (Å²) in [7, 11) is -2.94. The topological polar surface area (TPSA) is 111 Å². The molecule has 0 aliphatic carbocycles. The van der Waals surface area contributed by atoms with Crippen LogP contribution < -0.4 is 10.9 Å². The molecule has 0 radical (unpaired) electrons. The van der Waals surface area contributed by atoms with Gasteiger partial charge < -0.3 is 5.32 Å². The fraction of sp³-hybridized carbons (Fsp3) is 0.467. The van der Waals surface area contributed by atoms with Crippen LogP contribution in [-0.2, 0) is 21.2 Å². The zero-order valence-corrected chi connectivity index (χ0v) is 13.8. The molecule has 128 valence electrons. The first kappa shape index (κ1) is 16.6. The highest BCUT2D eigenvalue weighted by atomic mass is 32.2. The van der Waals surface area contributed by atoms with E-state index >= 15 is 0 Å². The predicted octanol–water partition coefficient (Wildman–Crippen LogP) is -0.267. The van der Waals surface area contributed by atoms with Crippen LogP contribution in [0.25, 0.3) is 10.9 Å². The number of aryl methyl sites for hydroxylation is 1. The molecule has 24 heavy (non-hydrogen) atoms. The number of hydrogen-bond acceptors (Lipinski definition) is 6. The number of nitrogens with zero attached hydrogens (tertiary/aromatic N) is 3. The number of aromatic nitrogens is 3. The molecular formula is C15H18N4O4S. The summed E-state index contributed by atoms with van der Waals surface area (Å²) < 4.78 is 23.9. The van der Waals surface area contributed by atoms with Gasteiger partial charge >= 0.3 is 0 Å². The summed E-state index contributed by atoms with van der Waals surface area (Å²) in [6.07, 6.45) is 0.671. The lowest BCUT2D eigenvalue weighted by molar-refractivity contribution is -0.121. The normalized spacial score (nSPS) is 19.4. The first-order valence-corrected chi connectivity index (χ1v) is 9.56. The van der Waals surface area contributed by atoms with Crippen LogP contribution in [0.5, 0.6) is 0 Å². The number of sulfone groups is 1. The highest BCUT2D eigenvalue weighted by Crippen LogP contribution is 2.17. The molecule has 1 saturated heterocycles.